The Labute approximate surface area is 338 Å². The second kappa shape index (κ2) is 12.2. The van der Waals surface area contributed by atoms with Gasteiger partial charge in [0.2, 0.25) is 0 Å². The molecule has 4 aromatic heterocycles. The molecule has 0 aliphatic rings. The van der Waals surface area contributed by atoms with E-state index in [4.69, 9.17) is 8.83 Å². The van der Waals surface area contributed by atoms with Crippen molar-refractivity contribution in [1.29, 1.82) is 0 Å². The van der Waals surface area contributed by atoms with Crippen LogP contribution in [0.1, 0.15) is 0 Å². The van der Waals surface area contributed by atoms with Crippen molar-refractivity contribution in [3.8, 4) is 0 Å². The number of rotatable bonds is 6. The number of aromatic nitrogens is 1. The Bertz CT molecular complexity index is 3510. The van der Waals surface area contributed by atoms with Crippen molar-refractivity contribution >= 4 is 116 Å². The zero-order valence-corrected chi connectivity index (χ0v) is 31.7. The molecule has 5 heteroatoms. The zero-order valence-electron chi connectivity index (χ0n) is 31.7. The van der Waals surface area contributed by atoms with Crippen LogP contribution in [0.15, 0.2) is 209 Å². The van der Waals surface area contributed by atoms with Gasteiger partial charge in [-0.3, -0.25) is 0 Å². The van der Waals surface area contributed by atoms with Gasteiger partial charge in [-0.1, -0.05) is 127 Å². The maximum Gasteiger partial charge on any atom is 0.159 e. The Kier molecular flexibility index (Phi) is 6.66. The molecular formula is C54H33N3O2. The van der Waals surface area contributed by atoms with E-state index in [-0.39, 0.29) is 0 Å². The minimum atomic E-state index is 0.863. The summed E-state index contributed by atoms with van der Waals surface area (Å²) in [5.41, 5.74) is 13.2. The van der Waals surface area contributed by atoms with Crippen LogP contribution in [0.5, 0.6) is 0 Å². The fraction of sp³-hybridized carbons (Fsp3) is 0. The van der Waals surface area contributed by atoms with Crippen molar-refractivity contribution in [3.63, 3.8) is 0 Å². The second-order valence-electron chi connectivity index (χ2n) is 15.2. The first-order chi connectivity index (χ1) is 29.3. The lowest BCUT2D eigenvalue weighted by molar-refractivity contribution is 0.669. The van der Waals surface area contributed by atoms with Gasteiger partial charge in [-0.15, -0.1) is 0 Å². The Morgan fingerprint density at radius 1 is 0.305 bits per heavy atom. The molecule has 0 unspecified atom stereocenters. The normalized spacial score (nSPS) is 12.1. The predicted molar refractivity (Wildman–Crippen MR) is 245 cm³/mol. The number of nitrogens with zero attached hydrogens (tertiary/aromatic N) is 3. The summed E-state index contributed by atoms with van der Waals surface area (Å²) in [5, 5.41) is 9.17. The van der Waals surface area contributed by atoms with E-state index in [2.05, 4.69) is 202 Å². The van der Waals surface area contributed by atoms with E-state index in [9.17, 15) is 0 Å². The fourth-order valence-corrected chi connectivity index (χ4v) is 9.70. The van der Waals surface area contributed by atoms with Crippen LogP contribution < -0.4 is 9.80 Å². The lowest BCUT2D eigenvalue weighted by Crippen LogP contribution is -2.11. The largest absolute Gasteiger partial charge is 0.454 e. The van der Waals surface area contributed by atoms with Gasteiger partial charge in [-0.05, 0) is 72.8 Å². The molecule has 13 aromatic rings. The summed E-state index contributed by atoms with van der Waals surface area (Å²) in [6, 6.07) is 71.0. The summed E-state index contributed by atoms with van der Waals surface area (Å²) in [6.07, 6.45) is 0. The number of hydrogen-bond acceptors (Lipinski definition) is 4. The highest BCUT2D eigenvalue weighted by Crippen LogP contribution is 2.51. The molecular weight excluding hydrogens is 723 g/mol. The van der Waals surface area contributed by atoms with Gasteiger partial charge in [0.25, 0.3) is 0 Å². The van der Waals surface area contributed by atoms with Crippen LogP contribution in [-0.2, 0) is 0 Å². The number of hydrogen-bond donors (Lipinski definition) is 0. The molecule has 0 aliphatic carbocycles. The van der Waals surface area contributed by atoms with E-state index in [0.29, 0.717) is 0 Å². The third-order valence-corrected chi connectivity index (χ3v) is 12.1. The minimum Gasteiger partial charge on any atom is -0.454 e. The van der Waals surface area contributed by atoms with Crippen LogP contribution >= 0.6 is 0 Å². The smallest absolute Gasteiger partial charge is 0.159 e. The number of para-hydroxylation sites is 7. The molecule has 276 valence electrons. The van der Waals surface area contributed by atoms with Crippen LogP contribution in [0.4, 0.5) is 34.1 Å². The lowest BCUT2D eigenvalue weighted by atomic mass is 10.0. The summed E-state index contributed by atoms with van der Waals surface area (Å²) in [5.74, 6) is 0. The molecule has 0 spiro atoms. The Morgan fingerprint density at radius 2 is 0.678 bits per heavy atom. The van der Waals surface area contributed by atoms with E-state index in [1.807, 2.05) is 12.1 Å². The molecule has 5 nitrogen and oxygen atoms in total. The first-order valence-electron chi connectivity index (χ1n) is 20.0. The summed E-state index contributed by atoms with van der Waals surface area (Å²) in [7, 11) is 0. The quantitative estimate of drug-likeness (QED) is 0.169. The van der Waals surface area contributed by atoms with Crippen molar-refractivity contribution in [2.75, 3.05) is 9.80 Å². The van der Waals surface area contributed by atoms with Crippen molar-refractivity contribution in [3.05, 3.63) is 200 Å². The average molecular weight is 756 g/mol. The molecule has 0 bridgehead atoms. The highest BCUT2D eigenvalue weighted by atomic mass is 16.3. The molecule has 59 heavy (non-hydrogen) atoms. The van der Waals surface area contributed by atoms with Crippen molar-refractivity contribution in [1.82, 2.24) is 4.40 Å². The Hall–Kier alpha value is -8.02. The highest BCUT2D eigenvalue weighted by Gasteiger charge is 2.28. The van der Waals surface area contributed by atoms with E-state index in [0.717, 1.165) is 89.0 Å². The number of anilines is 6. The van der Waals surface area contributed by atoms with Gasteiger partial charge in [-0.25, -0.2) is 0 Å². The van der Waals surface area contributed by atoms with Crippen LogP contribution in [-0.4, -0.2) is 4.40 Å². The summed E-state index contributed by atoms with van der Waals surface area (Å²) >= 11 is 0. The van der Waals surface area contributed by atoms with Gasteiger partial charge < -0.3 is 23.0 Å². The van der Waals surface area contributed by atoms with Gasteiger partial charge in [0.15, 0.2) is 11.2 Å². The molecule has 13 rings (SSSR count). The molecule has 9 aromatic carbocycles. The van der Waals surface area contributed by atoms with Crippen molar-refractivity contribution < 1.29 is 8.83 Å². The third kappa shape index (κ3) is 4.50. The molecule has 0 radical (unpaired) electrons. The van der Waals surface area contributed by atoms with Gasteiger partial charge >= 0.3 is 0 Å². The van der Waals surface area contributed by atoms with Crippen molar-refractivity contribution in [2.24, 2.45) is 0 Å². The lowest BCUT2D eigenvalue weighted by Gasteiger charge is -2.27. The zero-order chi connectivity index (χ0) is 38.6. The molecule has 0 N–H and O–H groups in total. The molecule has 0 atom stereocenters. The van der Waals surface area contributed by atoms with Gasteiger partial charge in [0.1, 0.15) is 11.2 Å². The van der Waals surface area contributed by atoms with Crippen LogP contribution in [0.3, 0.4) is 0 Å². The molecule has 0 saturated carbocycles. The highest BCUT2D eigenvalue weighted by molar-refractivity contribution is 6.29. The number of benzene rings is 9. The SMILES string of the molecule is c1ccc(N(c2cccc3c2oc2ccccc23)c2cccc3c2c2cccc4c5c(N(c6ccccc6)c6cccc7c6oc6ccccc67)cccc5n3c24)cc1. The van der Waals surface area contributed by atoms with Gasteiger partial charge in [0, 0.05) is 54.5 Å². The molecule has 0 fully saturated rings. The topological polar surface area (TPSA) is 37.2 Å². The standard InChI is InChI=1S/C54H33N3O2/c1-3-16-34(17-4-1)55(46-30-12-22-38-36-20-7-9-32-48(36)58-53(38)46)42-26-14-28-44-50(42)40-24-11-25-41-51-43(27-15-29-45(51)57(44)52(40)41)56(35-18-5-2-6-19-35)47-31-13-23-39-37-21-8-10-33-49(37)59-54(39)47/h1-33H. The van der Waals surface area contributed by atoms with Gasteiger partial charge in [-0.2, -0.15) is 0 Å². The number of furan rings is 2. The minimum absolute atomic E-state index is 0.863. The van der Waals surface area contributed by atoms with Crippen molar-refractivity contribution in [2.45, 2.75) is 0 Å². The summed E-state index contributed by atoms with van der Waals surface area (Å²) in [6.45, 7) is 0. The van der Waals surface area contributed by atoms with E-state index in [1.165, 1.54) is 27.1 Å². The maximum absolute atomic E-state index is 6.68. The van der Waals surface area contributed by atoms with E-state index < -0.39 is 0 Å². The summed E-state index contributed by atoms with van der Waals surface area (Å²) in [4.78, 5) is 4.74. The molecule has 4 heterocycles. The Balaban J connectivity index is 1.10. The first-order valence-corrected chi connectivity index (χ1v) is 20.0. The first kappa shape index (κ1) is 32.1. The second-order valence-corrected chi connectivity index (χ2v) is 15.2. The predicted octanol–water partition coefficient (Wildman–Crippen LogP) is 15.6. The van der Waals surface area contributed by atoms with E-state index >= 15 is 0 Å². The fourth-order valence-electron chi connectivity index (χ4n) is 9.70. The monoisotopic (exact) mass is 755 g/mol. The van der Waals surface area contributed by atoms with Crippen LogP contribution in [0.2, 0.25) is 0 Å². The van der Waals surface area contributed by atoms with Gasteiger partial charge in [0.05, 0.1) is 39.3 Å². The molecule has 0 saturated heterocycles. The maximum atomic E-state index is 6.68. The molecule has 0 aliphatic heterocycles. The van der Waals surface area contributed by atoms with E-state index in [1.54, 1.807) is 0 Å². The number of fused-ring (bicyclic) bond motifs is 12. The third-order valence-electron chi connectivity index (χ3n) is 12.1. The molecule has 0 amide bonds. The Morgan fingerprint density at radius 3 is 1.17 bits per heavy atom. The van der Waals surface area contributed by atoms with Crippen LogP contribution in [0.25, 0.3) is 82.0 Å². The van der Waals surface area contributed by atoms with Crippen LogP contribution in [0, 0.1) is 0 Å². The average Bonchev–Trinajstić information content (AvgIpc) is 4.06. The summed E-state index contributed by atoms with van der Waals surface area (Å²) < 4.78 is 15.8.